The normalized spacial score (nSPS) is 20.9. The van der Waals surface area contributed by atoms with E-state index in [0.717, 1.165) is 35.6 Å². The number of aliphatic hydroxyl groups excluding tert-OH is 1. The van der Waals surface area contributed by atoms with Crippen LogP contribution in [-0.2, 0) is 20.8 Å². The number of carbonyl (C=O) groups is 2. The van der Waals surface area contributed by atoms with Gasteiger partial charge in [-0.1, -0.05) is 11.6 Å². The van der Waals surface area contributed by atoms with Gasteiger partial charge in [-0.2, -0.15) is 13.2 Å². The molecular formula is C27H28ClF3N2O8. The zero-order valence-electron chi connectivity index (χ0n) is 21.7. The Morgan fingerprint density at radius 2 is 1.93 bits per heavy atom. The van der Waals surface area contributed by atoms with Crippen LogP contribution in [0.3, 0.4) is 0 Å². The molecule has 2 atom stereocenters. The number of phenols is 1. The van der Waals surface area contributed by atoms with Crippen LogP contribution >= 0.6 is 11.6 Å². The number of rotatable bonds is 7. The van der Waals surface area contributed by atoms with Crippen molar-refractivity contribution in [2.75, 3.05) is 39.4 Å². The van der Waals surface area contributed by atoms with Gasteiger partial charge in [-0.3, -0.25) is 9.63 Å². The van der Waals surface area contributed by atoms with Gasteiger partial charge >= 0.3 is 12.1 Å². The van der Waals surface area contributed by atoms with Crippen LogP contribution in [-0.4, -0.2) is 95.4 Å². The smallest absolute Gasteiger partial charge is 0.490 e. The molecule has 0 radical (unpaired) electrons. The van der Waals surface area contributed by atoms with Crippen molar-refractivity contribution in [2.24, 2.45) is 0 Å². The molecule has 3 aliphatic rings. The summed E-state index contributed by atoms with van der Waals surface area (Å²) in [5.74, 6) is -2.56. The maximum absolute atomic E-state index is 13.0. The Hall–Kier alpha value is -3.26. The first kappa shape index (κ1) is 29.2. The molecule has 3 aliphatic heterocycles. The molecule has 3 heterocycles. The number of nitrogens with zero attached hydrogens (tertiary/aromatic N) is 2. The number of fused-ring (bicyclic) bond motifs is 1. The Bertz CT molecular complexity index is 1300. The molecule has 10 nitrogen and oxygen atoms in total. The lowest BCUT2D eigenvalue weighted by Crippen LogP contribution is -2.49. The molecule has 2 saturated heterocycles. The van der Waals surface area contributed by atoms with Crippen LogP contribution in [0.25, 0.3) is 0 Å². The highest BCUT2D eigenvalue weighted by Crippen LogP contribution is 2.42. The minimum atomic E-state index is -5.17. The van der Waals surface area contributed by atoms with Crippen LogP contribution in [0, 0.1) is 0 Å². The van der Waals surface area contributed by atoms with Crippen LogP contribution in [0.2, 0.25) is 5.02 Å². The number of esters is 1. The molecule has 0 aliphatic carbocycles. The number of hydroxylamine groups is 2. The topological polar surface area (TPSA) is 118 Å². The first-order valence-corrected chi connectivity index (χ1v) is 13.3. The Morgan fingerprint density at radius 1 is 1.17 bits per heavy atom. The van der Waals surface area contributed by atoms with E-state index in [9.17, 15) is 33.0 Å². The molecule has 0 saturated carbocycles. The number of alkyl halides is 3. The largest absolute Gasteiger partial charge is 0.508 e. The standard InChI is InChI=1S/C27H28ClF3N2O8/c28-17-1-4-22-16(9-17)11-26(41-22)5-7-32(8-6-26)12-19(35)14-38-23-10-18(34)2-3-21(23)24(36)33-13-20(15-39-33)40-25(37)27(29,30)31/h1-4,9-10,19-20,34-35H,5-8,11-15H2/t19-,20-/m1/s1. The number of piperidine rings is 1. The molecule has 0 aromatic heterocycles. The van der Waals surface area contributed by atoms with Crippen molar-refractivity contribution in [1.29, 1.82) is 0 Å². The van der Waals surface area contributed by atoms with Gasteiger partial charge in [0.2, 0.25) is 0 Å². The number of amides is 1. The van der Waals surface area contributed by atoms with Crippen molar-refractivity contribution >= 4 is 23.5 Å². The van der Waals surface area contributed by atoms with Gasteiger partial charge in [-0.25, -0.2) is 9.86 Å². The summed E-state index contributed by atoms with van der Waals surface area (Å²) in [6.45, 7) is 0.628. The number of aromatic hydroxyl groups is 1. The van der Waals surface area contributed by atoms with Crippen molar-refractivity contribution < 1.29 is 52.0 Å². The minimum absolute atomic E-state index is 0.0539. The monoisotopic (exact) mass is 600 g/mol. The van der Waals surface area contributed by atoms with Gasteiger partial charge in [-0.05, 0) is 35.9 Å². The van der Waals surface area contributed by atoms with Crippen LogP contribution in [0.5, 0.6) is 17.2 Å². The Balaban J connectivity index is 1.12. The first-order valence-electron chi connectivity index (χ1n) is 13.0. The van der Waals surface area contributed by atoms with E-state index in [1.807, 2.05) is 12.1 Å². The fourth-order valence-corrected chi connectivity index (χ4v) is 5.39. The summed E-state index contributed by atoms with van der Waals surface area (Å²) in [4.78, 5) is 31.3. The number of benzene rings is 2. The zero-order valence-corrected chi connectivity index (χ0v) is 22.5. The summed E-state index contributed by atoms with van der Waals surface area (Å²) in [5.41, 5.74) is 0.743. The number of halogens is 4. The summed E-state index contributed by atoms with van der Waals surface area (Å²) < 4.78 is 53.7. The lowest BCUT2D eigenvalue weighted by molar-refractivity contribution is -0.204. The van der Waals surface area contributed by atoms with Gasteiger partial charge in [0, 0.05) is 50.0 Å². The van der Waals surface area contributed by atoms with Crippen molar-refractivity contribution in [3.63, 3.8) is 0 Å². The fraction of sp³-hybridized carbons (Fsp3) is 0.481. The molecule has 0 bridgehead atoms. The lowest BCUT2D eigenvalue weighted by atomic mass is 9.87. The Kier molecular flexibility index (Phi) is 8.24. The van der Waals surface area contributed by atoms with E-state index in [2.05, 4.69) is 9.64 Å². The average molecular weight is 601 g/mol. The predicted molar refractivity (Wildman–Crippen MR) is 137 cm³/mol. The lowest BCUT2D eigenvalue weighted by Gasteiger charge is -2.39. The third-order valence-corrected chi connectivity index (χ3v) is 7.48. The Morgan fingerprint density at radius 3 is 2.66 bits per heavy atom. The summed E-state index contributed by atoms with van der Waals surface area (Å²) >= 11 is 6.11. The molecule has 2 N–H and O–H groups in total. The van der Waals surface area contributed by atoms with E-state index in [1.165, 1.54) is 18.2 Å². The second-order valence-electron chi connectivity index (χ2n) is 10.3. The minimum Gasteiger partial charge on any atom is -0.508 e. The Labute approximate surface area is 238 Å². The van der Waals surface area contributed by atoms with E-state index in [-0.39, 0.29) is 29.3 Å². The molecule has 5 rings (SSSR count). The third-order valence-electron chi connectivity index (χ3n) is 7.24. The fourth-order valence-electron chi connectivity index (χ4n) is 5.20. The molecule has 14 heteroatoms. The van der Waals surface area contributed by atoms with Crippen LogP contribution in [0.15, 0.2) is 36.4 Å². The molecule has 2 aromatic carbocycles. The van der Waals surface area contributed by atoms with Crippen molar-refractivity contribution in [3.05, 3.63) is 52.5 Å². The summed E-state index contributed by atoms with van der Waals surface area (Å²) in [6.07, 6.45) is -5.08. The molecule has 1 amide bonds. The zero-order chi connectivity index (χ0) is 29.4. The third kappa shape index (κ3) is 6.80. The molecule has 0 unspecified atom stereocenters. The van der Waals surface area contributed by atoms with Gasteiger partial charge in [0.15, 0.2) is 0 Å². The summed E-state index contributed by atoms with van der Waals surface area (Å²) in [7, 11) is 0. The van der Waals surface area contributed by atoms with Gasteiger partial charge in [0.1, 0.15) is 48.3 Å². The average Bonchev–Trinajstić information content (AvgIpc) is 3.52. The van der Waals surface area contributed by atoms with Gasteiger partial charge < -0.3 is 29.3 Å². The van der Waals surface area contributed by atoms with Crippen LogP contribution in [0.1, 0.15) is 28.8 Å². The van der Waals surface area contributed by atoms with E-state index < -0.39 is 43.4 Å². The maximum Gasteiger partial charge on any atom is 0.490 e. The van der Waals surface area contributed by atoms with E-state index >= 15 is 0 Å². The van der Waals surface area contributed by atoms with Gasteiger partial charge in [0.05, 0.1) is 12.1 Å². The molecule has 2 fully saturated rings. The molecule has 2 aromatic rings. The highest BCUT2D eigenvalue weighted by molar-refractivity contribution is 6.30. The summed E-state index contributed by atoms with van der Waals surface area (Å²) in [5, 5.41) is 22.0. The van der Waals surface area contributed by atoms with E-state index in [0.29, 0.717) is 24.7 Å². The number of hydrogen-bond acceptors (Lipinski definition) is 9. The highest BCUT2D eigenvalue weighted by atomic mass is 35.5. The molecular weight excluding hydrogens is 573 g/mol. The second kappa shape index (κ2) is 11.6. The number of hydrogen-bond donors (Lipinski definition) is 2. The SMILES string of the molecule is O=C(c1ccc(O)cc1OC[C@H](O)CN1CCC2(CC1)Cc1cc(Cl)ccc1O2)N1C[C@@H](OC(=O)C(F)(F)F)CO1. The van der Waals surface area contributed by atoms with Gasteiger partial charge in [-0.15, -0.1) is 0 Å². The van der Waals surface area contributed by atoms with E-state index in [4.69, 9.17) is 25.9 Å². The number of aliphatic hydroxyl groups is 1. The summed E-state index contributed by atoms with van der Waals surface area (Å²) in [6, 6.07) is 9.29. The highest BCUT2D eigenvalue weighted by Gasteiger charge is 2.44. The molecule has 1 spiro atoms. The van der Waals surface area contributed by atoms with Crippen molar-refractivity contribution in [2.45, 2.75) is 43.2 Å². The maximum atomic E-state index is 13.0. The number of phenolic OH excluding ortho intramolecular Hbond substituents is 1. The quantitative estimate of drug-likeness (QED) is 0.462. The van der Waals surface area contributed by atoms with Crippen LogP contribution < -0.4 is 9.47 Å². The number of β-amino-alcohol motifs (C(OH)–C–C–N with tert-alkyl or cyclic N) is 1. The van der Waals surface area contributed by atoms with E-state index in [1.54, 1.807) is 6.07 Å². The van der Waals surface area contributed by atoms with Crippen LogP contribution in [0.4, 0.5) is 13.2 Å². The second-order valence-corrected chi connectivity index (χ2v) is 10.8. The number of ether oxygens (including phenoxy) is 3. The van der Waals surface area contributed by atoms with Crippen molar-refractivity contribution in [1.82, 2.24) is 9.96 Å². The number of carbonyl (C=O) groups excluding carboxylic acids is 2. The molecule has 41 heavy (non-hydrogen) atoms. The van der Waals surface area contributed by atoms with Crippen molar-refractivity contribution in [3.8, 4) is 17.2 Å². The molecule has 222 valence electrons. The first-order chi connectivity index (χ1) is 19.4. The van der Waals surface area contributed by atoms with Gasteiger partial charge in [0.25, 0.3) is 5.91 Å². The number of likely N-dealkylation sites (tertiary alicyclic amines) is 1. The predicted octanol–water partition coefficient (Wildman–Crippen LogP) is 3.12.